The Kier molecular flexibility index (Phi) is 7.49. The van der Waals surface area contributed by atoms with Crippen molar-refractivity contribution in [2.75, 3.05) is 36.8 Å². The van der Waals surface area contributed by atoms with Crippen LogP contribution in [0, 0.1) is 11.6 Å². The second-order valence-corrected chi connectivity index (χ2v) is 11.5. The summed E-state index contributed by atoms with van der Waals surface area (Å²) in [5, 5.41) is 4.11. The van der Waals surface area contributed by atoms with Crippen molar-refractivity contribution in [3.05, 3.63) is 70.4 Å². The highest BCUT2D eigenvalue weighted by Crippen LogP contribution is 2.31. The quantitative estimate of drug-likeness (QED) is 0.464. The van der Waals surface area contributed by atoms with E-state index in [1.807, 2.05) is 0 Å². The Hall–Kier alpha value is -3.65. The zero-order chi connectivity index (χ0) is 27.7. The summed E-state index contributed by atoms with van der Waals surface area (Å²) in [6.45, 7) is 0.706. The van der Waals surface area contributed by atoms with Crippen molar-refractivity contribution in [3.63, 3.8) is 0 Å². The molecular formula is C25H27F3N6O4S. The van der Waals surface area contributed by atoms with Crippen LogP contribution in [0.3, 0.4) is 0 Å². The molecule has 39 heavy (non-hydrogen) atoms. The molecule has 2 fully saturated rings. The first-order valence-corrected chi connectivity index (χ1v) is 14.0. The third kappa shape index (κ3) is 6.01. The number of nitrogen functional groups attached to an aromatic ring is 1. The lowest BCUT2D eigenvalue weighted by molar-refractivity contribution is 0.193. The van der Waals surface area contributed by atoms with Crippen LogP contribution < -0.4 is 20.9 Å². The van der Waals surface area contributed by atoms with Crippen LogP contribution in [0.2, 0.25) is 0 Å². The maximum Gasteiger partial charge on any atom is 0.316 e. The number of hydrogen-bond donors (Lipinski definition) is 1. The zero-order valence-electron chi connectivity index (χ0n) is 20.8. The monoisotopic (exact) mass is 564 g/mol. The number of nitrogens with two attached hydrogens (primary N) is 1. The summed E-state index contributed by atoms with van der Waals surface area (Å²) >= 11 is 0. The van der Waals surface area contributed by atoms with Crippen LogP contribution in [0.1, 0.15) is 25.0 Å². The van der Waals surface area contributed by atoms with Gasteiger partial charge < -0.3 is 15.4 Å². The minimum absolute atomic E-state index is 0.112. The van der Waals surface area contributed by atoms with Crippen LogP contribution in [0.15, 0.2) is 47.5 Å². The van der Waals surface area contributed by atoms with Crippen LogP contribution in [-0.2, 0) is 15.8 Å². The third-order valence-corrected chi connectivity index (χ3v) is 8.57. The lowest BCUT2D eigenvalue weighted by Gasteiger charge is -2.36. The number of hydrogen-bond acceptors (Lipinski definition) is 8. The van der Waals surface area contributed by atoms with E-state index in [9.17, 15) is 26.4 Å². The fraction of sp³-hybridized carbons (Fsp3) is 0.400. The summed E-state index contributed by atoms with van der Waals surface area (Å²) in [5.74, 6) is -2.17. The Bertz CT molecular complexity index is 1490. The third-order valence-electron chi connectivity index (χ3n) is 6.76. The van der Waals surface area contributed by atoms with Gasteiger partial charge in [-0.05, 0) is 37.1 Å². The van der Waals surface area contributed by atoms with E-state index < -0.39 is 39.5 Å². The van der Waals surface area contributed by atoms with Gasteiger partial charge in [-0.25, -0.2) is 21.6 Å². The number of halogens is 3. The highest BCUT2D eigenvalue weighted by atomic mass is 32.2. The summed E-state index contributed by atoms with van der Waals surface area (Å²) in [4.78, 5) is 19.3. The molecule has 1 aromatic carbocycles. The summed E-state index contributed by atoms with van der Waals surface area (Å²) in [5.41, 5.74) is 5.83. The van der Waals surface area contributed by atoms with E-state index in [0.29, 0.717) is 36.0 Å². The second-order valence-electron chi connectivity index (χ2n) is 9.58. The van der Waals surface area contributed by atoms with Gasteiger partial charge in [-0.3, -0.25) is 9.78 Å². The molecule has 0 radical (unpaired) electrons. The summed E-state index contributed by atoms with van der Waals surface area (Å²) < 4.78 is 75.6. The summed E-state index contributed by atoms with van der Waals surface area (Å²) in [7, 11) is -3.67. The molecule has 1 saturated heterocycles. The Morgan fingerprint density at radius 1 is 1.03 bits per heavy atom. The van der Waals surface area contributed by atoms with Gasteiger partial charge in [0.05, 0.1) is 29.5 Å². The molecule has 0 bridgehead atoms. The van der Waals surface area contributed by atoms with Gasteiger partial charge in [0.15, 0.2) is 0 Å². The van der Waals surface area contributed by atoms with Gasteiger partial charge in [0, 0.05) is 38.7 Å². The highest BCUT2D eigenvalue weighted by Gasteiger charge is 2.32. The lowest BCUT2D eigenvalue weighted by atomic mass is 10.2. The molecule has 1 unspecified atom stereocenters. The highest BCUT2D eigenvalue weighted by molar-refractivity contribution is 7.88. The number of sulfonamides is 1. The molecule has 208 valence electrons. The van der Waals surface area contributed by atoms with E-state index in [4.69, 9.17) is 10.5 Å². The number of nitrogens with zero attached hydrogens (tertiary/aromatic N) is 5. The Labute approximate surface area is 222 Å². The molecule has 14 heteroatoms. The van der Waals surface area contributed by atoms with E-state index in [-0.39, 0.29) is 49.8 Å². The van der Waals surface area contributed by atoms with Gasteiger partial charge in [0.25, 0.3) is 0 Å². The first kappa shape index (κ1) is 26.9. The smallest absolute Gasteiger partial charge is 0.316 e. The molecule has 10 nitrogen and oxygen atoms in total. The Balaban J connectivity index is 1.39. The van der Waals surface area contributed by atoms with Gasteiger partial charge in [0.1, 0.15) is 35.4 Å². The van der Waals surface area contributed by atoms with Gasteiger partial charge in [-0.1, -0.05) is 0 Å². The molecule has 2 N–H and O–H groups in total. The molecule has 1 aliphatic heterocycles. The molecule has 5 rings (SSSR count). The van der Waals surface area contributed by atoms with Crippen LogP contribution in [0.5, 0.6) is 5.75 Å². The van der Waals surface area contributed by atoms with Crippen molar-refractivity contribution < 1.29 is 26.3 Å². The number of rotatable bonds is 7. The van der Waals surface area contributed by atoms with Crippen molar-refractivity contribution in [2.45, 2.75) is 37.3 Å². The second kappa shape index (κ2) is 10.8. The molecule has 2 aliphatic rings. The Morgan fingerprint density at radius 2 is 1.74 bits per heavy atom. The molecule has 1 saturated carbocycles. The average Bonchev–Trinajstić information content (AvgIpc) is 3.30. The maximum atomic E-state index is 13.9. The number of alkyl halides is 1. The number of benzene rings is 1. The number of pyridine rings is 1. The van der Waals surface area contributed by atoms with E-state index in [1.54, 1.807) is 17.0 Å². The first-order valence-electron chi connectivity index (χ1n) is 12.4. The fourth-order valence-corrected chi connectivity index (χ4v) is 6.23. The number of anilines is 2. The summed E-state index contributed by atoms with van der Waals surface area (Å²) in [6, 6.07) is 5.75. The van der Waals surface area contributed by atoms with Crippen LogP contribution in [0.25, 0.3) is 5.69 Å². The van der Waals surface area contributed by atoms with Gasteiger partial charge in [0.2, 0.25) is 15.8 Å². The zero-order valence-corrected chi connectivity index (χ0v) is 21.7. The number of piperazine rings is 1. The van der Waals surface area contributed by atoms with E-state index in [0.717, 1.165) is 16.8 Å². The van der Waals surface area contributed by atoms with Crippen molar-refractivity contribution in [2.24, 2.45) is 0 Å². The molecular weight excluding hydrogens is 537 g/mol. The fourth-order valence-electron chi connectivity index (χ4n) is 4.78. The minimum Gasteiger partial charge on any atom is -0.483 e. The average molecular weight is 565 g/mol. The molecule has 2 atom stereocenters. The van der Waals surface area contributed by atoms with Crippen LogP contribution >= 0.6 is 0 Å². The number of aromatic nitrogens is 3. The number of ether oxygens (including phenoxy) is 1. The molecule has 3 aromatic rings. The van der Waals surface area contributed by atoms with Crippen LogP contribution in [0.4, 0.5) is 24.5 Å². The van der Waals surface area contributed by atoms with E-state index in [2.05, 4.69) is 10.1 Å². The van der Waals surface area contributed by atoms with Gasteiger partial charge >= 0.3 is 5.56 Å². The topological polar surface area (TPSA) is 124 Å². The predicted octanol–water partition coefficient (Wildman–Crippen LogP) is 2.41. The van der Waals surface area contributed by atoms with E-state index >= 15 is 0 Å². The first-order chi connectivity index (χ1) is 18.6. The lowest BCUT2D eigenvalue weighted by Crippen LogP contribution is -2.49. The van der Waals surface area contributed by atoms with Crippen molar-refractivity contribution in [1.82, 2.24) is 19.1 Å². The van der Waals surface area contributed by atoms with Crippen molar-refractivity contribution in [3.8, 4) is 11.4 Å². The van der Waals surface area contributed by atoms with Crippen LogP contribution in [-0.4, -0.2) is 65.9 Å². The molecule has 1 aliphatic carbocycles. The van der Waals surface area contributed by atoms with Gasteiger partial charge in [-0.15, -0.1) is 0 Å². The normalized spacial score (nSPS) is 20.3. The SMILES string of the molecule is Nc1ccc(CS(=O)(=O)N2CCN(c3cnn(-c4cc(F)cc(F)c4)c(=O)c3OC3CC[C@@H](F)C3)CC2)nc1. The van der Waals surface area contributed by atoms with Crippen molar-refractivity contribution in [1.29, 1.82) is 0 Å². The molecule has 0 spiro atoms. The predicted molar refractivity (Wildman–Crippen MR) is 138 cm³/mol. The Morgan fingerprint density at radius 3 is 2.36 bits per heavy atom. The molecule has 3 heterocycles. The van der Waals surface area contributed by atoms with Crippen molar-refractivity contribution >= 4 is 21.4 Å². The standard InChI is InChI=1S/C25H27F3N6O4S/c26-16-1-4-22(12-16)38-24-23(14-31-34(25(24)35)21-10-17(27)9-18(28)11-21)32-5-7-33(8-6-32)39(36,37)15-20-3-2-19(29)13-30-20/h2-3,9-11,13-14,16,22H,1,4-8,12,15,29H2/t16-,22?/m1/s1. The largest absolute Gasteiger partial charge is 0.483 e. The molecule has 0 amide bonds. The summed E-state index contributed by atoms with van der Waals surface area (Å²) in [6.07, 6.45) is 1.94. The molecule has 2 aromatic heterocycles. The maximum absolute atomic E-state index is 13.9. The minimum atomic E-state index is -3.67. The van der Waals surface area contributed by atoms with Gasteiger partial charge in [-0.2, -0.15) is 14.1 Å². The van der Waals surface area contributed by atoms with E-state index in [1.165, 1.54) is 16.7 Å².